The number of hydrogen-bond acceptors (Lipinski definition) is 5. The topological polar surface area (TPSA) is 133 Å². The molecule has 37 heavy (non-hydrogen) atoms. The second-order valence-corrected chi connectivity index (χ2v) is 9.12. The van der Waals surface area contributed by atoms with Gasteiger partial charge in [-0.05, 0) is 43.4 Å². The number of benzene rings is 2. The Morgan fingerprint density at radius 3 is 2.51 bits per heavy atom. The summed E-state index contributed by atoms with van der Waals surface area (Å²) in [7, 11) is 0. The Labute approximate surface area is 215 Å². The Morgan fingerprint density at radius 2 is 1.76 bits per heavy atom. The van der Waals surface area contributed by atoms with Crippen LogP contribution in [-0.4, -0.2) is 50.6 Å². The highest BCUT2D eigenvalue weighted by Gasteiger charge is 2.22. The molecule has 4 rings (SSSR count). The fraction of sp³-hybridized carbons (Fsp3) is 0.321. The minimum atomic E-state index is -0.710. The number of aromatic amines is 2. The third kappa shape index (κ3) is 6.91. The van der Waals surface area contributed by atoms with Crippen molar-refractivity contribution in [3.05, 3.63) is 72.1 Å². The van der Waals surface area contributed by atoms with Crippen LogP contribution in [0.25, 0.3) is 22.2 Å². The lowest BCUT2D eigenvalue weighted by atomic mass is 10.0. The van der Waals surface area contributed by atoms with E-state index in [1.807, 2.05) is 36.4 Å². The summed E-state index contributed by atoms with van der Waals surface area (Å²) in [5, 5.41) is 16.7. The molecule has 4 aromatic rings. The molecule has 0 aliphatic heterocycles. The van der Waals surface area contributed by atoms with Crippen LogP contribution in [-0.2, 0) is 16.0 Å². The highest BCUT2D eigenvalue weighted by Crippen LogP contribution is 2.30. The number of Topliss-reactive ketones (excluding diaryl/α,β-unsaturated/α-hetero) is 1. The molecule has 4 N–H and O–H groups in total. The van der Waals surface area contributed by atoms with E-state index < -0.39 is 11.9 Å². The van der Waals surface area contributed by atoms with Crippen LogP contribution in [0.5, 0.6) is 0 Å². The van der Waals surface area contributed by atoms with E-state index in [1.54, 1.807) is 6.92 Å². The lowest BCUT2D eigenvalue weighted by Gasteiger charge is -2.18. The maximum atomic E-state index is 13.1. The third-order valence-electron chi connectivity index (χ3n) is 6.34. The summed E-state index contributed by atoms with van der Waals surface area (Å²) >= 11 is 0. The van der Waals surface area contributed by atoms with Crippen molar-refractivity contribution in [3.8, 4) is 11.3 Å². The molecule has 9 heteroatoms. The number of ketones is 1. The van der Waals surface area contributed by atoms with E-state index in [-0.39, 0.29) is 17.4 Å². The van der Waals surface area contributed by atoms with Gasteiger partial charge < -0.3 is 20.4 Å². The van der Waals surface area contributed by atoms with Gasteiger partial charge in [-0.25, -0.2) is 0 Å². The van der Waals surface area contributed by atoms with Gasteiger partial charge in [0.1, 0.15) is 11.8 Å². The number of carbonyl (C=O) groups is 3. The van der Waals surface area contributed by atoms with Crippen molar-refractivity contribution in [2.45, 2.75) is 51.5 Å². The zero-order valence-corrected chi connectivity index (χ0v) is 20.9. The first-order chi connectivity index (χ1) is 18.0. The van der Waals surface area contributed by atoms with E-state index in [4.69, 9.17) is 0 Å². The van der Waals surface area contributed by atoms with Crippen molar-refractivity contribution in [1.29, 1.82) is 0 Å². The van der Waals surface area contributed by atoms with Crippen LogP contribution in [0.2, 0.25) is 0 Å². The minimum absolute atomic E-state index is 0.126. The normalized spacial score (nSPS) is 11.8. The maximum Gasteiger partial charge on any atom is 0.274 e. The number of aromatic nitrogens is 4. The highest BCUT2D eigenvalue weighted by molar-refractivity contribution is 5.96. The monoisotopic (exact) mass is 500 g/mol. The third-order valence-corrected chi connectivity index (χ3v) is 6.34. The number of hydrogen-bond donors (Lipinski definition) is 4. The van der Waals surface area contributed by atoms with Crippen molar-refractivity contribution in [2.75, 3.05) is 6.54 Å². The van der Waals surface area contributed by atoms with Crippen LogP contribution >= 0.6 is 0 Å². The first kappa shape index (κ1) is 25.8. The Balaban J connectivity index is 1.42. The Morgan fingerprint density at radius 1 is 0.973 bits per heavy atom. The van der Waals surface area contributed by atoms with Gasteiger partial charge in [0, 0.05) is 29.6 Å². The predicted octanol–water partition coefficient (Wildman–Crippen LogP) is 3.95. The average Bonchev–Trinajstić information content (AvgIpc) is 3.57. The number of unbranched alkanes of at least 4 members (excludes halogenated alkanes) is 2. The number of nitrogens with zero attached hydrogens (tertiary/aromatic N) is 2. The largest absolute Gasteiger partial charge is 0.354 e. The summed E-state index contributed by atoms with van der Waals surface area (Å²) in [6.07, 6.45) is 5.29. The van der Waals surface area contributed by atoms with Crippen molar-refractivity contribution in [1.82, 2.24) is 31.0 Å². The molecule has 9 nitrogen and oxygen atoms in total. The molecule has 0 fully saturated rings. The molecule has 1 atom stereocenters. The van der Waals surface area contributed by atoms with Crippen LogP contribution < -0.4 is 10.6 Å². The van der Waals surface area contributed by atoms with Crippen molar-refractivity contribution >= 4 is 28.5 Å². The summed E-state index contributed by atoms with van der Waals surface area (Å²) in [5.41, 5.74) is 4.43. The lowest BCUT2D eigenvalue weighted by Crippen LogP contribution is -2.47. The molecule has 0 radical (unpaired) electrons. The fourth-order valence-corrected chi connectivity index (χ4v) is 4.46. The molecular formula is C28H32N6O3. The van der Waals surface area contributed by atoms with Gasteiger partial charge in [-0.2, -0.15) is 0 Å². The van der Waals surface area contributed by atoms with Gasteiger partial charge in [-0.15, -0.1) is 5.10 Å². The predicted molar refractivity (Wildman–Crippen MR) is 142 cm³/mol. The first-order valence-electron chi connectivity index (χ1n) is 12.6. The zero-order chi connectivity index (χ0) is 26.0. The van der Waals surface area contributed by atoms with E-state index in [0.29, 0.717) is 32.2 Å². The molecule has 2 amide bonds. The number of fused-ring (bicyclic) bond motifs is 1. The Bertz CT molecular complexity index is 1330. The van der Waals surface area contributed by atoms with Crippen molar-refractivity contribution < 1.29 is 14.4 Å². The molecule has 2 heterocycles. The van der Waals surface area contributed by atoms with Gasteiger partial charge in [0.05, 0.1) is 6.20 Å². The summed E-state index contributed by atoms with van der Waals surface area (Å²) in [5.74, 6) is -0.550. The van der Waals surface area contributed by atoms with Crippen LogP contribution in [0.3, 0.4) is 0 Å². The van der Waals surface area contributed by atoms with Gasteiger partial charge in [0.2, 0.25) is 5.91 Å². The number of amides is 2. The van der Waals surface area contributed by atoms with Crippen LogP contribution in [0, 0.1) is 0 Å². The van der Waals surface area contributed by atoms with E-state index in [2.05, 4.69) is 49.2 Å². The zero-order valence-electron chi connectivity index (χ0n) is 20.9. The molecule has 0 aliphatic carbocycles. The average molecular weight is 501 g/mol. The summed E-state index contributed by atoms with van der Waals surface area (Å²) in [4.78, 5) is 40.4. The van der Waals surface area contributed by atoms with Crippen LogP contribution in [0.4, 0.5) is 0 Å². The van der Waals surface area contributed by atoms with Gasteiger partial charge in [0.15, 0.2) is 5.69 Å². The van der Waals surface area contributed by atoms with E-state index in [0.717, 1.165) is 40.6 Å². The second-order valence-electron chi connectivity index (χ2n) is 9.12. The highest BCUT2D eigenvalue weighted by atomic mass is 16.2. The summed E-state index contributed by atoms with van der Waals surface area (Å²) in [6, 6.07) is 17.5. The molecule has 2 aromatic heterocycles. The van der Waals surface area contributed by atoms with E-state index in [1.165, 1.54) is 6.20 Å². The molecule has 0 aliphatic rings. The SMILES string of the molecule is CC(=O)CCCCC[C@H](NC(=O)c1c[nH]nn1)C(=O)NCCc1c(-c2ccccc2)[nH]c2ccccc12. The van der Waals surface area contributed by atoms with Crippen molar-refractivity contribution in [3.63, 3.8) is 0 Å². The molecule has 2 aromatic carbocycles. The standard InChI is InChI=1S/C28H32N6O3/c1-19(35)10-4-2-7-15-24(32-28(37)25-18-30-34-33-25)27(36)29-17-16-22-21-13-8-9-14-23(21)31-26(22)20-11-5-3-6-12-20/h3,5-6,8-9,11-14,18,24,31H,2,4,7,10,15-17H2,1H3,(H,29,36)(H,32,37)(H,30,33,34)/t24-/m0/s1. The fourth-order valence-electron chi connectivity index (χ4n) is 4.46. The first-order valence-corrected chi connectivity index (χ1v) is 12.6. The van der Waals surface area contributed by atoms with E-state index >= 15 is 0 Å². The Hall–Kier alpha value is -4.27. The lowest BCUT2D eigenvalue weighted by molar-refractivity contribution is -0.123. The quantitative estimate of drug-likeness (QED) is 0.206. The molecule has 0 saturated heterocycles. The van der Waals surface area contributed by atoms with Gasteiger partial charge in [0.25, 0.3) is 5.91 Å². The smallest absolute Gasteiger partial charge is 0.274 e. The number of carbonyl (C=O) groups excluding carboxylic acids is 3. The molecule has 0 saturated carbocycles. The maximum absolute atomic E-state index is 13.1. The number of para-hydroxylation sites is 1. The van der Waals surface area contributed by atoms with Gasteiger partial charge >= 0.3 is 0 Å². The van der Waals surface area contributed by atoms with Crippen LogP contribution in [0.15, 0.2) is 60.8 Å². The Kier molecular flexibility index (Phi) is 8.80. The number of H-pyrrole nitrogens is 2. The minimum Gasteiger partial charge on any atom is -0.354 e. The molecular weight excluding hydrogens is 468 g/mol. The summed E-state index contributed by atoms with van der Waals surface area (Å²) in [6.45, 7) is 1.99. The van der Waals surface area contributed by atoms with Gasteiger partial charge in [-0.1, -0.05) is 66.6 Å². The van der Waals surface area contributed by atoms with Crippen molar-refractivity contribution in [2.24, 2.45) is 0 Å². The second kappa shape index (κ2) is 12.6. The molecule has 192 valence electrons. The van der Waals surface area contributed by atoms with Crippen LogP contribution in [0.1, 0.15) is 55.1 Å². The van der Waals surface area contributed by atoms with Gasteiger partial charge in [-0.3, -0.25) is 14.7 Å². The summed E-state index contributed by atoms with van der Waals surface area (Å²) < 4.78 is 0. The molecule has 0 unspecified atom stereocenters. The number of nitrogens with one attached hydrogen (secondary N) is 4. The molecule has 0 bridgehead atoms. The van der Waals surface area contributed by atoms with E-state index in [9.17, 15) is 14.4 Å². The molecule has 0 spiro atoms. The number of rotatable bonds is 13.